The number of carbonyl (C=O) groups is 1. The van der Waals surface area contributed by atoms with Crippen molar-refractivity contribution in [2.75, 3.05) is 44.2 Å². The number of rotatable bonds is 7. The molecule has 0 bridgehead atoms. The SMILES string of the molecule is Cn1cc(C2CCN(CC3CCN(c4ncc(C(=O)NOC5CCCCO5)cn4)CC3)C2)c2ccccc21. The first-order valence-corrected chi connectivity index (χ1v) is 14.0. The van der Waals surface area contributed by atoms with E-state index in [0.29, 0.717) is 30.0 Å². The molecule has 0 spiro atoms. The van der Waals surface area contributed by atoms with Crippen molar-refractivity contribution in [3.8, 4) is 0 Å². The molecule has 1 N–H and O–H groups in total. The first-order valence-electron chi connectivity index (χ1n) is 14.0. The Hall–Kier alpha value is -3.01. The van der Waals surface area contributed by atoms with E-state index < -0.39 is 0 Å². The Kier molecular flexibility index (Phi) is 7.58. The molecule has 202 valence electrons. The van der Waals surface area contributed by atoms with Crippen molar-refractivity contribution in [1.82, 2.24) is 24.9 Å². The predicted molar refractivity (Wildman–Crippen MR) is 146 cm³/mol. The van der Waals surface area contributed by atoms with Crippen LogP contribution in [0.5, 0.6) is 0 Å². The van der Waals surface area contributed by atoms with Crippen molar-refractivity contribution >= 4 is 22.8 Å². The van der Waals surface area contributed by atoms with Gasteiger partial charge >= 0.3 is 0 Å². The van der Waals surface area contributed by atoms with E-state index in [9.17, 15) is 4.79 Å². The Balaban J connectivity index is 0.963. The number of aromatic nitrogens is 3. The fraction of sp³-hybridized carbons (Fsp3) is 0.552. The highest BCUT2D eigenvalue weighted by Gasteiger charge is 2.29. The van der Waals surface area contributed by atoms with Gasteiger partial charge in [-0.2, -0.15) is 0 Å². The maximum atomic E-state index is 12.4. The van der Waals surface area contributed by atoms with Gasteiger partial charge in [0.05, 0.1) is 5.56 Å². The minimum Gasteiger partial charge on any atom is -0.350 e. The summed E-state index contributed by atoms with van der Waals surface area (Å²) in [7, 11) is 2.15. The maximum Gasteiger partial charge on any atom is 0.278 e. The summed E-state index contributed by atoms with van der Waals surface area (Å²) in [5.41, 5.74) is 5.68. The summed E-state index contributed by atoms with van der Waals surface area (Å²) in [5.74, 6) is 1.65. The standard InChI is InChI=1S/C29H38N6O3/c1-33-20-25(24-6-2-3-7-26(24)33)22-11-12-34(19-22)18-21-9-13-35(14-10-21)29-30-16-23(17-31-29)28(36)32-38-27-8-4-5-15-37-27/h2-3,6-7,16-17,20-22,27H,4-5,8-15,18-19H2,1H3,(H,32,36). The van der Waals surface area contributed by atoms with Gasteiger partial charge in [0.2, 0.25) is 5.95 Å². The van der Waals surface area contributed by atoms with Gasteiger partial charge in [-0.25, -0.2) is 20.3 Å². The molecule has 3 fully saturated rings. The summed E-state index contributed by atoms with van der Waals surface area (Å²) in [6.45, 7) is 6.05. The van der Waals surface area contributed by atoms with Crippen LogP contribution in [0, 0.1) is 5.92 Å². The first-order chi connectivity index (χ1) is 18.6. The number of fused-ring (bicyclic) bond motifs is 1. The van der Waals surface area contributed by atoms with Crippen LogP contribution in [0.4, 0.5) is 5.95 Å². The van der Waals surface area contributed by atoms with Crippen molar-refractivity contribution in [1.29, 1.82) is 0 Å². The molecule has 2 aromatic heterocycles. The number of para-hydroxylation sites is 1. The summed E-state index contributed by atoms with van der Waals surface area (Å²) in [4.78, 5) is 31.6. The third-order valence-corrected chi connectivity index (χ3v) is 8.38. The Labute approximate surface area is 224 Å². The van der Waals surface area contributed by atoms with E-state index in [4.69, 9.17) is 9.57 Å². The van der Waals surface area contributed by atoms with Crippen LogP contribution in [-0.2, 0) is 16.6 Å². The number of hydroxylamine groups is 1. The number of benzene rings is 1. The second kappa shape index (κ2) is 11.4. The maximum absolute atomic E-state index is 12.4. The number of nitrogens with zero attached hydrogens (tertiary/aromatic N) is 5. The molecular formula is C29H38N6O3. The average molecular weight is 519 g/mol. The summed E-state index contributed by atoms with van der Waals surface area (Å²) >= 11 is 0. The third-order valence-electron chi connectivity index (χ3n) is 8.38. The van der Waals surface area contributed by atoms with E-state index in [2.05, 4.69) is 67.3 Å². The van der Waals surface area contributed by atoms with Crippen LogP contribution in [0.3, 0.4) is 0 Å². The number of anilines is 1. The fourth-order valence-corrected chi connectivity index (χ4v) is 6.22. The van der Waals surface area contributed by atoms with Gasteiger partial charge in [0.15, 0.2) is 6.29 Å². The van der Waals surface area contributed by atoms with Crippen molar-refractivity contribution < 1.29 is 14.4 Å². The zero-order valence-electron chi connectivity index (χ0n) is 22.2. The molecule has 0 aliphatic carbocycles. The van der Waals surface area contributed by atoms with Gasteiger partial charge in [0, 0.05) is 75.7 Å². The molecular weight excluding hydrogens is 480 g/mol. The van der Waals surface area contributed by atoms with Gasteiger partial charge in [-0.05, 0) is 62.1 Å². The molecule has 5 heterocycles. The molecule has 3 aliphatic rings. The van der Waals surface area contributed by atoms with Crippen LogP contribution in [-0.4, -0.2) is 71.0 Å². The lowest BCUT2D eigenvalue weighted by Gasteiger charge is -2.34. The highest BCUT2D eigenvalue weighted by Crippen LogP contribution is 2.34. The Bertz CT molecular complexity index is 1230. The van der Waals surface area contributed by atoms with Gasteiger partial charge in [-0.15, -0.1) is 0 Å². The van der Waals surface area contributed by atoms with Gasteiger partial charge in [-0.3, -0.25) is 4.79 Å². The first kappa shape index (κ1) is 25.3. The Morgan fingerprint density at radius 3 is 2.68 bits per heavy atom. The van der Waals surface area contributed by atoms with Gasteiger partial charge in [-0.1, -0.05) is 18.2 Å². The molecule has 0 saturated carbocycles. The van der Waals surface area contributed by atoms with Crippen molar-refractivity contribution in [2.45, 2.75) is 50.7 Å². The largest absolute Gasteiger partial charge is 0.350 e. The normalized spacial score (nSPS) is 23.2. The van der Waals surface area contributed by atoms with E-state index in [-0.39, 0.29) is 12.2 Å². The van der Waals surface area contributed by atoms with Gasteiger partial charge < -0.3 is 19.1 Å². The van der Waals surface area contributed by atoms with E-state index in [1.165, 1.54) is 36.0 Å². The molecule has 3 aliphatic heterocycles. The summed E-state index contributed by atoms with van der Waals surface area (Å²) < 4.78 is 7.74. The number of piperidine rings is 1. The molecule has 2 unspecified atom stereocenters. The lowest BCUT2D eigenvalue weighted by Crippen LogP contribution is -2.39. The Morgan fingerprint density at radius 2 is 1.89 bits per heavy atom. The van der Waals surface area contributed by atoms with Crippen molar-refractivity contribution in [2.24, 2.45) is 13.0 Å². The van der Waals surface area contributed by atoms with Crippen LogP contribution in [0.1, 0.15) is 60.4 Å². The minimum atomic E-state index is -0.376. The highest BCUT2D eigenvalue weighted by molar-refractivity contribution is 5.92. The second-order valence-electron chi connectivity index (χ2n) is 11.0. The van der Waals surface area contributed by atoms with Crippen molar-refractivity contribution in [3.63, 3.8) is 0 Å². The predicted octanol–water partition coefficient (Wildman–Crippen LogP) is 3.86. The molecule has 9 nitrogen and oxygen atoms in total. The fourth-order valence-electron chi connectivity index (χ4n) is 6.22. The van der Waals surface area contributed by atoms with E-state index in [1.54, 1.807) is 12.4 Å². The molecule has 1 aromatic carbocycles. The summed E-state index contributed by atoms with van der Waals surface area (Å²) in [5, 5.41) is 1.41. The lowest BCUT2D eigenvalue weighted by molar-refractivity contribution is -0.186. The molecule has 38 heavy (non-hydrogen) atoms. The number of hydrogen-bond acceptors (Lipinski definition) is 7. The van der Waals surface area contributed by atoms with E-state index in [1.807, 2.05) is 0 Å². The van der Waals surface area contributed by atoms with Gasteiger partial charge in [0.1, 0.15) is 0 Å². The Morgan fingerprint density at radius 1 is 1.08 bits per heavy atom. The number of nitrogens with one attached hydrogen (secondary N) is 1. The molecule has 6 rings (SSSR count). The highest BCUT2D eigenvalue weighted by atomic mass is 16.8. The molecule has 9 heteroatoms. The number of amides is 1. The number of aryl methyl sites for hydroxylation is 1. The molecule has 3 aromatic rings. The average Bonchev–Trinajstić information content (AvgIpc) is 3.57. The minimum absolute atomic E-state index is 0.350. The summed E-state index contributed by atoms with van der Waals surface area (Å²) in [6.07, 6.45) is 11.5. The van der Waals surface area contributed by atoms with Crippen LogP contribution in [0.15, 0.2) is 42.9 Å². The zero-order valence-corrected chi connectivity index (χ0v) is 22.2. The van der Waals surface area contributed by atoms with Crippen LogP contribution >= 0.6 is 0 Å². The quantitative estimate of drug-likeness (QED) is 0.476. The van der Waals surface area contributed by atoms with Crippen LogP contribution in [0.25, 0.3) is 10.9 Å². The van der Waals surface area contributed by atoms with Gasteiger partial charge in [0.25, 0.3) is 5.91 Å². The monoisotopic (exact) mass is 518 g/mol. The third kappa shape index (κ3) is 5.55. The number of carbonyl (C=O) groups excluding carboxylic acids is 1. The van der Waals surface area contributed by atoms with Crippen LogP contribution < -0.4 is 10.4 Å². The molecule has 3 saturated heterocycles. The second-order valence-corrected chi connectivity index (χ2v) is 11.0. The van der Waals surface area contributed by atoms with Crippen LogP contribution in [0.2, 0.25) is 0 Å². The summed E-state index contributed by atoms with van der Waals surface area (Å²) in [6, 6.07) is 8.76. The molecule has 1 amide bonds. The van der Waals surface area contributed by atoms with E-state index >= 15 is 0 Å². The number of likely N-dealkylation sites (tertiary alicyclic amines) is 1. The van der Waals surface area contributed by atoms with E-state index in [0.717, 1.165) is 51.7 Å². The van der Waals surface area contributed by atoms with Crippen molar-refractivity contribution in [3.05, 3.63) is 54.0 Å². The lowest BCUT2D eigenvalue weighted by atomic mass is 9.96. The topological polar surface area (TPSA) is 84.8 Å². The number of ether oxygens (including phenoxy) is 1. The molecule has 0 radical (unpaired) electrons. The zero-order chi connectivity index (χ0) is 25.9. The molecule has 2 atom stereocenters. The number of hydrogen-bond donors (Lipinski definition) is 1. The smallest absolute Gasteiger partial charge is 0.278 e.